The van der Waals surface area contributed by atoms with Gasteiger partial charge >= 0.3 is 0 Å². The zero-order valence-electron chi connectivity index (χ0n) is 10.3. The van der Waals surface area contributed by atoms with Crippen molar-refractivity contribution < 1.29 is 9.50 Å². The zero-order valence-corrected chi connectivity index (χ0v) is 11.1. The number of aliphatic hydroxyl groups excluding tert-OH is 1. The predicted molar refractivity (Wildman–Crippen MR) is 73.9 cm³/mol. The molecule has 3 heteroatoms. The first-order valence-corrected chi connectivity index (χ1v) is 6.74. The van der Waals surface area contributed by atoms with E-state index in [2.05, 4.69) is 12.1 Å². The lowest BCUT2D eigenvalue weighted by Crippen LogP contribution is -2.19. The Labute approximate surface area is 116 Å². The van der Waals surface area contributed by atoms with Crippen LogP contribution in [0.4, 0.5) is 4.39 Å². The Morgan fingerprint density at radius 1 is 1.26 bits per heavy atom. The third kappa shape index (κ3) is 2.38. The minimum absolute atomic E-state index is 0.321. The Hall–Kier alpha value is -1.38. The number of hydrogen-bond donors (Lipinski definition) is 1. The van der Waals surface area contributed by atoms with Crippen molar-refractivity contribution in [2.24, 2.45) is 0 Å². The highest BCUT2D eigenvalue weighted by molar-refractivity contribution is 6.30. The van der Waals surface area contributed by atoms with Crippen molar-refractivity contribution >= 4 is 11.6 Å². The van der Waals surface area contributed by atoms with E-state index in [9.17, 15) is 9.50 Å². The number of halogens is 2. The Kier molecular flexibility index (Phi) is 3.29. The van der Waals surface area contributed by atoms with Crippen molar-refractivity contribution in [3.63, 3.8) is 0 Å². The second kappa shape index (κ2) is 4.95. The van der Waals surface area contributed by atoms with Gasteiger partial charge in [-0.1, -0.05) is 41.9 Å². The van der Waals surface area contributed by atoms with Crippen LogP contribution in [0.25, 0.3) is 0 Å². The van der Waals surface area contributed by atoms with Gasteiger partial charge in [-0.3, -0.25) is 0 Å². The molecular weight excluding hydrogens is 263 g/mol. The summed E-state index contributed by atoms with van der Waals surface area (Å²) >= 11 is 5.71. The van der Waals surface area contributed by atoms with Crippen LogP contribution < -0.4 is 0 Å². The molecule has 0 aliphatic heterocycles. The van der Waals surface area contributed by atoms with Crippen molar-refractivity contribution in [1.82, 2.24) is 0 Å². The van der Waals surface area contributed by atoms with Crippen molar-refractivity contribution in [2.45, 2.75) is 24.9 Å². The second-order valence-electron chi connectivity index (χ2n) is 5.02. The lowest BCUT2D eigenvalue weighted by molar-refractivity contribution is 0.149. The van der Waals surface area contributed by atoms with E-state index in [4.69, 9.17) is 11.6 Å². The average molecular weight is 277 g/mol. The largest absolute Gasteiger partial charge is 0.388 e. The van der Waals surface area contributed by atoms with Crippen LogP contribution in [0.2, 0.25) is 5.02 Å². The molecule has 1 nitrogen and oxygen atoms in total. The SMILES string of the molecule is OC(CC1Cc2ccccc21)c1ccc(Cl)cc1F. The molecule has 0 saturated carbocycles. The van der Waals surface area contributed by atoms with Crippen molar-refractivity contribution in [3.05, 3.63) is 70.0 Å². The molecule has 0 fully saturated rings. The topological polar surface area (TPSA) is 20.2 Å². The van der Waals surface area contributed by atoms with Crippen LogP contribution in [-0.2, 0) is 6.42 Å². The summed E-state index contributed by atoms with van der Waals surface area (Å²) < 4.78 is 13.7. The molecule has 0 spiro atoms. The standard InChI is InChI=1S/C16H14ClFO/c17-12-5-6-14(15(18)9-12)16(19)8-11-7-10-3-1-2-4-13(10)11/h1-6,9,11,16,19H,7-8H2. The molecule has 0 heterocycles. The highest BCUT2D eigenvalue weighted by Crippen LogP contribution is 2.41. The number of fused-ring (bicyclic) bond motifs is 1. The van der Waals surface area contributed by atoms with Gasteiger partial charge in [0.2, 0.25) is 0 Å². The molecule has 2 atom stereocenters. The number of aliphatic hydroxyl groups is 1. The van der Waals surface area contributed by atoms with E-state index in [1.165, 1.54) is 17.2 Å². The smallest absolute Gasteiger partial charge is 0.130 e. The van der Waals surface area contributed by atoms with Crippen molar-refractivity contribution in [2.75, 3.05) is 0 Å². The molecule has 98 valence electrons. The molecule has 0 aromatic heterocycles. The van der Waals surface area contributed by atoms with Crippen LogP contribution in [0.15, 0.2) is 42.5 Å². The Bertz CT molecular complexity index is 611. The Morgan fingerprint density at radius 2 is 2.05 bits per heavy atom. The summed E-state index contributed by atoms with van der Waals surface area (Å²) in [6, 6.07) is 12.6. The van der Waals surface area contributed by atoms with Gasteiger partial charge in [-0.2, -0.15) is 0 Å². The fraction of sp³-hybridized carbons (Fsp3) is 0.250. The fourth-order valence-corrected chi connectivity index (χ4v) is 2.90. The first kappa shape index (κ1) is 12.6. The predicted octanol–water partition coefficient (Wildman–Crippen LogP) is 4.24. The third-order valence-electron chi connectivity index (χ3n) is 3.79. The number of hydrogen-bond acceptors (Lipinski definition) is 1. The van der Waals surface area contributed by atoms with Crippen molar-refractivity contribution in [3.8, 4) is 0 Å². The van der Waals surface area contributed by atoms with Gasteiger partial charge in [-0.25, -0.2) is 4.39 Å². The first-order chi connectivity index (χ1) is 9.15. The highest BCUT2D eigenvalue weighted by atomic mass is 35.5. The maximum absolute atomic E-state index is 13.7. The van der Waals surface area contributed by atoms with Crippen LogP contribution in [0.5, 0.6) is 0 Å². The van der Waals surface area contributed by atoms with E-state index < -0.39 is 11.9 Å². The van der Waals surface area contributed by atoms with Crippen LogP contribution >= 0.6 is 11.6 Å². The lowest BCUT2D eigenvalue weighted by atomic mass is 9.74. The van der Waals surface area contributed by atoms with Crippen LogP contribution in [0.1, 0.15) is 35.1 Å². The molecule has 19 heavy (non-hydrogen) atoms. The van der Waals surface area contributed by atoms with Gasteiger partial charge in [0.25, 0.3) is 0 Å². The van der Waals surface area contributed by atoms with Gasteiger partial charge in [-0.05, 0) is 42.0 Å². The summed E-state index contributed by atoms with van der Waals surface area (Å²) in [6.45, 7) is 0. The second-order valence-corrected chi connectivity index (χ2v) is 5.45. The van der Waals surface area contributed by atoms with Gasteiger partial charge in [0.05, 0.1) is 6.10 Å². The zero-order chi connectivity index (χ0) is 13.4. The van der Waals surface area contributed by atoms with Crippen LogP contribution in [0.3, 0.4) is 0 Å². The molecule has 0 radical (unpaired) electrons. The van der Waals surface area contributed by atoms with Gasteiger partial charge in [-0.15, -0.1) is 0 Å². The molecule has 0 bridgehead atoms. The van der Waals surface area contributed by atoms with Gasteiger partial charge in [0.15, 0.2) is 0 Å². The van der Waals surface area contributed by atoms with E-state index in [0.29, 0.717) is 22.9 Å². The van der Waals surface area contributed by atoms with Crippen LogP contribution in [0, 0.1) is 5.82 Å². The summed E-state index contributed by atoms with van der Waals surface area (Å²) in [6.07, 6.45) is 0.730. The molecule has 2 aromatic carbocycles. The monoisotopic (exact) mass is 276 g/mol. The summed E-state index contributed by atoms with van der Waals surface area (Å²) in [4.78, 5) is 0. The first-order valence-electron chi connectivity index (χ1n) is 6.36. The summed E-state index contributed by atoms with van der Waals surface area (Å²) in [5.74, 6) is -0.117. The summed E-state index contributed by atoms with van der Waals surface area (Å²) in [5, 5.41) is 10.5. The normalized spacial score (nSPS) is 18.6. The van der Waals surface area contributed by atoms with E-state index >= 15 is 0 Å². The maximum atomic E-state index is 13.7. The Balaban J connectivity index is 1.75. The molecule has 2 aromatic rings. The van der Waals surface area contributed by atoms with E-state index in [1.54, 1.807) is 12.1 Å². The van der Waals surface area contributed by atoms with Crippen molar-refractivity contribution in [1.29, 1.82) is 0 Å². The van der Waals surface area contributed by atoms with Gasteiger partial charge in [0, 0.05) is 10.6 Å². The molecule has 1 aliphatic rings. The molecule has 0 amide bonds. The molecule has 1 aliphatic carbocycles. The van der Waals surface area contributed by atoms with Gasteiger partial charge in [0.1, 0.15) is 5.82 Å². The van der Waals surface area contributed by atoms with Gasteiger partial charge < -0.3 is 5.11 Å². The fourth-order valence-electron chi connectivity index (χ4n) is 2.74. The third-order valence-corrected chi connectivity index (χ3v) is 4.03. The molecule has 1 N–H and O–H groups in total. The van der Waals surface area contributed by atoms with E-state index in [-0.39, 0.29) is 0 Å². The Morgan fingerprint density at radius 3 is 2.79 bits per heavy atom. The number of rotatable bonds is 3. The molecular formula is C16H14ClFO. The average Bonchev–Trinajstić information content (AvgIpc) is 2.35. The molecule has 3 rings (SSSR count). The summed E-state index contributed by atoms with van der Waals surface area (Å²) in [5.41, 5.74) is 2.93. The van der Waals surface area contributed by atoms with E-state index in [0.717, 1.165) is 6.42 Å². The van der Waals surface area contributed by atoms with Crippen LogP contribution in [-0.4, -0.2) is 5.11 Å². The van der Waals surface area contributed by atoms with E-state index in [1.807, 2.05) is 12.1 Å². The molecule has 0 saturated heterocycles. The molecule has 2 unspecified atom stereocenters. The minimum Gasteiger partial charge on any atom is -0.388 e. The lowest BCUT2D eigenvalue weighted by Gasteiger charge is -2.31. The summed E-state index contributed by atoms with van der Waals surface area (Å²) in [7, 11) is 0. The quantitative estimate of drug-likeness (QED) is 0.889. The maximum Gasteiger partial charge on any atom is 0.130 e. The highest BCUT2D eigenvalue weighted by Gasteiger charge is 2.28. The minimum atomic E-state index is -0.782. The number of benzene rings is 2.